The second kappa shape index (κ2) is 7.10. The first-order valence-electron chi connectivity index (χ1n) is 8.62. The minimum atomic E-state index is -0.0187. The highest BCUT2D eigenvalue weighted by Gasteiger charge is 2.35. The Morgan fingerprint density at radius 3 is 2.76 bits per heavy atom. The van der Waals surface area contributed by atoms with Crippen LogP contribution in [-0.2, 0) is 11.3 Å². The molecule has 2 fully saturated rings. The molecule has 1 saturated heterocycles. The summed E-state index contributed by atoms with van der Waals surface area (Å²) in [5.74, 6) is 0.769. The molecule has 2 atom stereocenters. The van der Waals surface area contributed by atoms with E-state index in [0.29, 0.717) is 6.54 Å². The molecule has 130 valence electrons. The van der Waals surface area contributed by atoms with E-state index < -0.39 is 0 Å². The number of aromatic nitrogens is 5. The number of hydrogen-bond donors (Lipinski definition) is 1. The van der Waals surface area contributed by atoms with Gasteiger partial charge in [-0.1, -0.05) is 10.8 Å². The van der Waals surface area contributed by atoms with Gasteiger partial charge in [0.15, 0.2) is 0 Å². The van der Waals surface area contributed by atoms with Gasteiger partial charge in [-0.15, -0.1) is 5.10 Å². The SMILES string of the molecule is O=C(C=C1CCC1)N[C@@H]1CN(Cc2ncccn2)C[C@@H]1n1ccnn1. The van der Waals surface area contributed by atoms with Crippen molar-refractivity contribution in [3.8, 4) is 0 Å². The van der Waals surface area contributed by atoms with Crippen molar-refractivity contribution >= 4 is 5.91 Å². The van der Waals surface area contributed by atoms with Gasteiger partial charge >= 0.3 is 0 Å². The molecule has 0 radical (unpaired) electrons. The van der Waals surface area contributed by atoms with Crippen LogP contribution >= 0.6 is 0 Å². The van der Waals surface area contributed by atoms with Gasteiger partial charge in [0.25, 0.3) is 0 Å². The highest BCUT2D eigenvalue weighted by Crippen LogP contribution is 2.25. The first-order chi connectivity index (χ1) is 12.3. The summed E-state index contributed by atoms with van der Waals surface area (Å²) >= 11 is 0. The Morgan fingerprint density at radius 2 is 2.08 bits per heavy atom. The molecule has 3 heterocycles. The maximum Gasteiger partial charge on any atom is 0.244 e. The maximum absolute atomic E-state index is 12.3. The molecule has 8 nitrogen and oxygen atoms in total. The third kappa shape index (κ3) is 3.74. The van der Waals surface area contributed by atoms with Crippen LogP contribution in [0.4, 0.5) is 0 Å². The molecular weight excluding hydrogens is 318 g/mol. The van der Waals surface area contributed by atoms with Crippen molar-refractivity contribution in [2.75, 3.05) is 13.1 Å². The average molecular weight is 339 g/mol. The molecular formula is C17H21N7O. The summed E-state index contributed by atoms with van der Waals surface area (Å²) in [7, 11) is 0. The first-order valence-corrected chi connectivity index (χ1v) is 8.62. The van der Waals surface area contributed by atoms with Crippen LogP contribution < -0.4 is 5.32 Å². The number of carbonyl (C=O) groups excluding carboxylic acids is 1. The lowest BCUT2D eigenvalue weighted by Crippen LogP contribution is -2.41. The molecule has 0 unspecified atom stereocenters. The molecule has 2 aromatic heterocycles. The topological polar surface area (TPSA) is 88.8 Å². The van der Waals surface area contributed by atoms with Crippen molar-refractivity contribution in [3.63, 3.8) is 0 Å². The van der Waals surface area contributed by atoms with Crippen LogP contribution in [0, 0.1) is 0 Å². The lowest BCUT2D eigenvalue weighted by atomic mass is 9.92. The second-order valence-electron chi connectivity index (χ2n) is 6.58. The highest BCUT2D eigenvalue weighted by molar-refractivity contribution is 5.88. The normalized spacial score (nSPS) is 23.3. The Bertz CT molecular complexity index is 738. The Balaban J connectivity index is 1.46. The highest BCUT2D eigenvalue weighted by atomic mass is 16.1. The van der Waals surface area contributed by atoms with E-state index in [1.807, 2.05) is 16.9 Å². The third-order valence-electron chi connectivity index (χ3n) is 4.79. The van der Waals surface area contributed by atoms with Crippen molar-refractivity contribution in [1.29, 1.82) is 0 Å². The lowest BCUT2D eigenvalue weighted by Gasteiger charge is -2.20. The van der Waals surface area contributed by atoms with Gasteiger partial charge in [0.2, 0.25) is 5.91 Å². The van der Waals surface area contributed by atoms with Gasteiger partial charge < -0.3 is 5.32 Å². The maximum atomic E-state index is 12.3. The molecule has 8 heteroatoms. The minimum Gasteiger partial charge on any atom is -0.346 e. The predicted molar refractivity (Wildman–Crippen MR) is 90.2 cm³/mol. The summed E-state index contributed by atoms with van der Waals surface area (Å²) < 4.78 is 1.83. The molecule has 2 aliphatic rings. The van der Waals surface area contributed by atoms with Gasteiger partial charge in [-0.25, -0.2) is 14.6 Å². The Labute approximate surface area is 146 Å². The van der Waals surface area contributed by atoms with Crippen LogP contribution in [0.25, 0.3) is 0 Å². The van der Waals surface area contributed by atoms with Gasteiger partial charge in [-0.2, -0.15) is 0 Å². The van der Waals surface area contributed by atoms with E-state index in [1.54, 1.807) is 24.7 Å². The zero-order valence-corrected chi connectivity index (χ0v) is 14.0. The van der Waals surface area contributed by atoms with E-state index in [0.717, 1.165) is 31.8 Å². The second-order valence-corrected chi connectivity index (χ2v) is 6.58. The largest absolute Gasteiger partial charge is 0.346 e. The van der Waals surface area contributed by atoms with E-state index in [4.69, 9.17) is 0 Å². The van der Waals surface area contributed by atoms with Crippen molar-refractivity contribution < 1.29 is 4.79 Å². The number of nitrogens with zero attached hydrogens (tertiary/aromatic N) is 6. The fourth-order valence-corrected chi connectivity index (χ4v) is 3.35. The molecule has 2 aromatic rings. The number of rotatable bonds is 5. The van der Waals surface area contributed by atoms with Crippen LogP contribution in [0.1, 0.15) is 31.1 Å². The lowest BCUT2D eigenvalue weighted by molar-refractivity contribution is -0.117. The summed E-state index contributed by atoms with van der Waals surface area (Å²) in [6.45, 7) is 2.15. The summed E-state index contributed by atoms with van der Waals surface area (Å²) in [5, 5.41) is 11.2. The van der Waals surface area contributed by atoms with Crippen LogP contribution in [0.15, 0.2) is 42.5 Å². The number of hydrogen-bond acceptors (Lipinski definition) is 6. The fourth-order valence-electron chi connectivity index (χ4n) is 3.35. The van der Waals surface area contributed by atoms with Crippen molar-refractivity contribution in [1.82, 2.24) is 35.2 Å². The molecule has 25 heavy (non-hydrogen) atoms. The Morgan fingerprint density at radius 1 is 1.24 bits per heavy atom. The summed E-state index contributed by atoms with van der Waals surface area (Å²) in [5.41, 5.74) is 1.24. The number of nitrogens with one attached hydrogen (secondary N) is 1. The predicted octanol–water partition coefficient (Wildman–Crippen LogP) is 0.720. The number of amides is 1. The van der Waals surface area contributed by atoms with Crippen LogP contribution in [0.2, 0.25) is 0 Å². The quantitative estimate of drug-likeness (QED) is 0.808. The molecule has 4 rings (SSSR count). The Hall–Kier alpha value is -2.61. The van der Waals surface area contributed by atoms with Gasteiger partial charge in [0, 0.05) is 37.8 Å². The third-order valence-corrected chi connectivity index (χ3v) is 4.79. The van der Waals surface area contributed by atoms with E-state index in [-0.39, 0.29) is 18.0 Å². The Kier molecular flexibility index (Phi) is 4.51. The van der Waals surface area contributed by atoms with Crippen molar-refractivity contribution in [3.05, 3.63) is 48.3 Å². The zero-order valence-electron chi connectivity index (χ0n) is 14.0. The van der Waals surface area contributed by atoms with Crippen LogP contribution in [0.3, 0.4) is 0 Å². The number of allylic oxidation sites excluding steroid dienone is 1. The molecule has 1 N–H and O–H groups in total. The molecule has 0 bridgehead atoms. The summed E-state index contributed by atoms with van der Waals surface area (Å²) in [4.78, 5) is 23.1. The van der Waals surface area contributed by atoms with Crippen molar-refractivity contribution in [2.24, 2.45) is 0 Å². The summed E-state index contributed by atoms with van der Waals surface area (Å²) in [6.07, 6.45) is 12.0. The molecule has 0 aromatic carbocycles. The summed E-state index contributed by atoms with van der Waals surface area (Å²) in [6, 6.07) is 1.84. The van der Waals surface area contributed by atoms with Crippen molar-refractivity contribution in [2.45, 2.75) is 37.9 Å². The molecule has 0 spiro atoms. The fraction of sp³-hybridized carbons (Fsp3) is 0.471. The van der Waals surface area contributed by atoms with Crippen LogP contribution in [0.5, 0.6) is 0 Å². The van der Waals surface area contributed by atoms with Gasteiger partial charge in [-0.3, -0.25) is 9.69 Å². The first kappa shape index (κ1) is 15.9. The monoisotopic (exact) mass is 339 g/mol. The van der Waals surface area contributed by atoms with E-state index >= 15 is 0 Å². The van der Waals surface area contributed by atoms with Gasteiger partial charge in [0.1, 0.15) is 5.82 Å². The molecule has 1 aliphatic carbocycles. The number of likely N-dealkylation sites (tertiary alicyclic amines) is 1. The van der Waals surface area contributed by atoms with Crippen LogP contribution in [-0.4, -0.2) is 54.9 Å². The standard InChI is InChI=1S/C17H21N7O/c25-17(9-13-3-1-4-13)21-14-10-23(12-16-18-5-2-6-19-16)11-15(14)24-8-7-20-22-24/h2,5-9,14-15H,1,3-4,10-12H2,(H,21,25)/t14-,15+/m1/s1. The van der Waals surface area contributed by atoms with E-state index in [2.05, 4.69) is 30.5 Å². The average Bonchev–Trinajstić information content (AvgIpc) is 3.22. The van der Waals surface area contributed by atoms with Gasteiger partial charge in [0.05, 0.1) is 24.8 Å². The minimum absolute atomic E-state index is 0.0115. The smallest absolute Gasteiger partial charge is 0.244 e. The zero-order chi connectivity index (χ0) is 17.1. The van der Waals surface area contributed by atoms with Gasteiger partial charge in [-0.05, 0) is 25.3 Å². The molecule has 1 saturated carbocycles. The number of carbonyl (C=O) groups is 1. The van der Waals surface area contributed by atoms with E-state index in [9.17, 15) is 4.79 Å². The molecule has 1 amide bonds. The molecule has 1 aliphatic heterocycles. The van der Waals surface area contributed by atoms with E-state index in [1.165, 1.54) is 12.0 Å².